The number of benzene rings is 3. The SMILES string of the molecule is CC[n+]1c(N)ncc(-c2ccc(NC(=O)c3ccc(C(=O)Nc4ccc(-c5cnc(N)[n+](CC)c5N)cc4)cc3)cc2)c1N. The van der Waals surface area contributed by atoms with Crippen LogP contribution in [0.2, 0.25) is 0 Å². The fraction of sp³-hybridized carbons (Fsp3) is 0.125. The molecule has 0 aliphatic rings. The zero-order chi connectivity index (χ0) is 31.4. The molecule has 2 aromatic heterocycles. The lowest BCUT2D eigenvalue weighted by Crippen LogP contribution is -2.40. The first-order valence-corrected chi connectivity index (χ1v) is 14.0. The number of nitrogens with one attached hydrogen (secondary N) is 2. The van der Waals surface area contributed by atoms with Crippen molar-refractivity contribution < 1.29 is 18.7 Å². The van der Waals surface area contributed by atoms with Crippen LogP contribution in [0.3, 0.4) is 0 Å². The monoisotopic (exact) mass is 590 g/mol. The van der Waals surface area contributed by atoms with E-state index in [0.29, 0.717) is 59.1 Å². The summed E-state index contributed by atoms with van der Waals surface area (Å²) in [5, 5.41) is 5.74. The van der Waals surface area contributed by atoms with Crippen LogP contribution >= 0.6 is 0 Å². The lowest BCUT2D eigenvalue weighted by Gasteiger charge is -2.11. The van der Waals surface area contributed by atoms with E-state index in [-0.39, 0.29) is 11.8 Å². The summed E-state index contributed by atoms with van der Waals surface area (Å²) in [6.45, 7) is 5.07. The van der Waals surface area contributed by atoms with E-state index in [0.717, 1.165) is 22.3 Å². The van der Waals surface area contributed by atoms with E-state index < -0.39 is 0 Å². The Morgan fingerprint density at radius 2 is 0.932 bits per heavy atom. The third kappa shape index (κ3) is 5.95. The minimum Gasteiger partial charge on any atom is -0.334 e. The zero-order valence-corrected chi connectivity index (χ0v) is 24.4. The number of anilines is 6. The van der Waals surface area contributed by atoms with Crippen molar-refractivity contribution in [3.63, 3.8) is 0 Å². The molecule has 3 aromatic carbocycles. The predicted octanol–water partition coefficient (Wildman–Crippen LogP) is 3.26. The number of nitrogens with zero attached hydrogens (tertiary/aromatic N) is 4. The highest BCUT2D eigenvalue weighted by Crippen LogP contribution is 2.26. The molecule has 0 spiro atoms. The fourth-order valence-electron chi connectivity index (χ4n) is 4.83. The quantitative estimate of drug-likeness (QED) is 0.148. The van der Waals surface area contributed by atoms with E-state index in [1.54, 1.807) is 70.1 Å². The molecule has 0 fully saturated rings. The molecule has 0 unspecified atom stereocenters. The molecule has 0 aliphatic carbocycles. The van der Waals surface area contributed by atoms with Crippen molar-refractivity contribution in [1.29, 1.82) is 0 Å². The first-order valence-electron chi connectivity index (χ1n) is 14.0. The topological polar surface area (TPSA) is 196 Å². The van der Waals surface area contributed by atoms with Gasteiger partial charge in [0.2, 0.25) is 11.6 Å². The first kappa shape index (κ1) is 29.5. The van der Waals surface area contributed by atoms with Gasteiger partial charge in [0.05, 0.1) is 24.2 Å². The molecule has 0 radical (unpaired) electrons. The maximum atomic E-state index is 12.9. The van der Waals surface area contributed by atoms with Gasteiger partial charge in [0.1, 0.15) is 12.4 Å². The molecule has 2 amide bonds. The van der Waals surface area contributed by atoms with Gasteiger partial charge >= 0.3 is 11.9 Å². The lowest BCUT2D eigenvalue weighted by atomic mass is 10.1. The average molecular weight is 591 g/mol. The normalized spacial score (nSPS) is 10.8. The van der Waals surface area contributed by atoms with Crippen molar-refractivity contribution in [2.24, 2.45) is 0 Å². The van der Waals surface area contributed by atoms with Crippen molar-refractivity contribution >= 4 is 46.7 Å². The number of aromatic nitrogens is 4. The smallest absolute Gasteiger partial charge is 0.334 e. The van der Waals surface area contributed by atoms with Gasteiger partial charge in [0, 0.05) is 22.5 Å². The molecule has 12 heteroatoms. The van der Waals surface area contributed by atoms with Crippen LogP contribution in [0.5, 0.6) is 0 Å². The summed E-state index contributed by atoms with van der Waals surface area (Å²) < 4.78 is 3.45. The van der Waals surface area contributed by atoms with Gasteiger partial charge in [-0.25, -0.2) is 9.13 Å². The van der Waals surface area contributed by atoms with E-state index in [2.05, 4.69) is 20.6 Å². The average Bonchev–Trinajstić information content (AvgIpc) is 3.03. The van der Waals surface area contributed by atoms with Crippen LogP contribution in [0.25, 0.3) is 22.3 Å². The Morgan fingerprint density at radius 1 is 0.591 bits per heavy atom. The van der Waals surface area contributed by atoms with Gasteiger partial charge in [-0.3, -0.25) is 9.59 Å². The van der Waals surface area contributed by atoms with Crippen LogP contribution < -0.4 is 42.7 Å². The third-order valence-corrected chi connectivity index (χ3v) is 7.29. The second-order valence-corrected chi connectivity index (χ2v) is 9.96. The summed E-state index contributed by atoms with van der Waals surface area (Å²) >= 11 is 0. The van der Waals surface area contributed by atoms with Gasteiger partial charge in [0.15, 0.2) is 0 Å². The fourth-order valence-corrected chi connectivity index (χ4v) is 4.83. The molecule has 10 N–H and O–H groups in total. The van der Waals surface area contributed by atoms with Crippen molar-refractivity contribution in [2.45, 2.75) is 26.9 Å². The minimum atomic E-state index is -0.307. The highest BCUT2D eigenvalue weighted by atomic mass is 16.2. The molecule has 44 heavy (non-hydrogen) atoms. The van der Waals surface area contributed by atoms with E-state index in [1.165, 1.54) is 0 Å². The Morgan fingerprint density at radius 3 is 1.25 bits per heavy atom. The number of amides is 2. The van der Waals surface area contributed by atoms with Crippen molar-refractivity contribution in [3.8, 4) is 22.3 Å². The Labute approximate surface area is 254 Å². The summed E-state index contributed by atoms with van der Waals surface area (Å²) in [7, 11) is 0. The summed E-state index contributed by atoms with van der Waals surface area (Å²) in [4.78, 5) is 34.2. The van der Waals surface area contributed by atoms with Gasteiger partial charge in [0.25, 0.3) is 11.8 Å². The second-order valence-electron chi connectivity index (χ2n) is 9.96. The van der Waals surface area contributed by atoms with Crippen LogP contribution in [0.15, 0.2) is 85.2 Å². The maximum absolute atomic E-state index is 12.9. The molecule has 0 bridgehead atoms. The number of carbonyl (C=O) groups is 2. The van der Waals surface area contributed by atoms with Crippen molar-refractivity contribution in [2.75, 3.05) is 33.6 Å². The van der Waals surface area contributed by atoms with E-state index in [9.17, 15) is 9.59 Å². The lowest BCUT2D eigenvalue weighted by molar-refractivity contribution is -0.667. The van der Waals surface area contributed by atoms with E-state index in [1.807, 2.05) is 38.1 Å². The van der Waals surface area contributed by atoms with E-state index >= 15 is 0 Å². The van der Waals surface area contributed by atoms with Gasteiger partial charge < -0.3 is 33.6 Å². The summed E-state index contributed by atoms with van der Waals surface area (Å²) in [6.07, 6.45) is 3.27. The van der Waals surface area contributed by atoms with Gasteiger partial charge in [-0.05, 0) is 73.5 Å². The molecular weight excluding hydrogens is 556 g/mol. The zero-order valence-electron chi connectivity index (χ0n) is 24.4. The van der Waals surface area contributed by atoms with E-state index in [4.69, 9.17) is 22.9 Å². The molecule has 0 saturated carbocycles. The van der Waals surface area contributed by atoms with Gasteiger partial charge in [-0.1, -0.05) is 24.3 Å². The molecule has 0 atom stereocenters. The highest BCUT2D eigenvalue weighted by Gasteiger charge is 2.17. The molecule has 5 rings (SSSR count). The number of rotatable bonds is 8. The largest absolute Gasteiger partial charge is 0.344 e. The Kier molecular flexibility index (Phi) is 8.33. The summed E-state index contributed by atoms with van der Waals surface area (Å²) in [5.74, 6) is 1.11. The molecule has 0 aliphatic heterocycles. The number of hydrogen-bond acceptors (Lipinski definition) is 8. The molecule has 5 aromatic rings. The Bertz CT molecular complexity index is 1700. The Hall–Kier alpha value is -6.04. The first-order chi connectivity index (χ1) is 21.2. The van der Waals surface area contributed by atoms with Crippen molar-refractivity contribution in [1.82, 2.24) is 9.97 Å². The van der Waals surface area contributed by atoms with Gasteiger partial charge in [-0.2, -0.15) is 0 Å². The standard InChI is InChI=1S/C32H32N10O2/c1-3-41-27(33)25(17-37-31(41)35)19-9-13-23(14-10-19)39-29(43)21-5-7-22(8-6-21)30(44)40-24-15-11-20(12-16-24)26-18-38-32(36)42(4-2)28(26)34/h5-18H,3-4H2,1-2H3,(H8,33,34,35,36,37,38,39,40,43,44)/p+2. The molecule has 12 nitrogen and oxygen atoms in total. The second kappa shape index (κ2) is 12.4. The van der Waals surface area contributed by atoms with Crippen LogP contribution in [-0.2, 0) is 13.1 Å². The maximum Gasteiger partial charge on any atom is 0.344 e. The predicted molar refractivity (Wildman–Crippen MR) is 171 cm³/mol. The van der Waals surface area contributed by atoms with Crippen LogP contribution in [0.1, 0.15) is 34.6 Å². The highest BCUT2D eigenvalue weighted by molar-refractivity contribution is 6.07. The van der Waals surface area contributed by atoms with Crippen LogP contribution in [0, 0.1) is 0 Å². The molecule has 222 valence electrons. The number of carbonyl (C=O) groups excluding carboxylic acids is 2. The minimum absolute atomic E-state index is 0.307. The summed E-state index contributed by atoms with van der Waals surface area (Å²) in [5.41, 5.74) is 29.6. The molecular formula is C32H34N10O2+2. The Balaban J connectivity index is 1.21. The van der Waals surface area contributed by atoms with Crippen molar-refractivity contribution in [3.05, 3.63) is 96.3 Å². The number of nitrogens with two attached hydrogens (primary N) is 4. The summed E-state index contributed by atoms with van der Waals surface area (Å²) in [6, 6.07) is 20.9. The van der Waals surface area contributed by atoms with Crippen LogP contribution in [0.4, 0.5) is 34.9 Å². The number of nitrogen functional groups attached to an aromatic ring is 4. The van der Waals surface area contributed by atoms with Gasteiger partial charge in [-0.15, -0.1) is 9.97 Å². The van der Waals surface area contributed by atoms with Crippen LogP contribution in [-0.4, -0.2) is 21.8 Å². The number of hydrogen-bond donors (Lipinski definition) is 6. The molecule has 0 saturated heterocycles. The third-order valence-electron chi connectivity index (χ3n) is 7.29. The molecule has 2 heterocycles.